The first-order valence-electron chi connectivity index (χ1n) is 6.33. The number of hydrogen-bond donors (Lipinski definition) is 1. The van der Waals surface area contributed by atoms with Gasteiger partial charge >= 0.3 is 0 Å². The van der Waals surface area contributed by atoms with Crippen molar-refractivity contribution in [2.75, 3.05) is 6.54 Å². The van der Waals surface area contributed by atoms with Gasteiger partial charge in [-0.1, -0.05) is 6.92 Å². The van der Waals surface area contributed by atoms with E-state index in [-0.39, 0.29) is 6.04 Å². The van der Waals surface area contributed by atoms with Gasteiger partial charge in [0.15, 0.2) is 0 Å². The number of nitrogens with zero attached hydrogens (tertiary/aromatic N) is 3. The largest absolute Gasteiger partial charge is 0.338 e. The summed E-state index contributed by atoms with van der Waals surface area (Å²) in [6, 6.07) is 4.37. The standard InChI is InChI=1S/C14H20N4/c1-4-15-13(10-14-17-7-8-18(14)3)12-9-11(2)5-6-16-12/h5-9,13,15H,4,10H2,1-3H3. The Labute approximate surface area is 108 Å². The van der Waals surface area contributed by atoms with Crippen LogP contribution in [-0.2, 0) is 13.5 Å². The molecule has 1 unspecified atom stereocenters. The molecule has 4 nitrogen and oxygen atoms in total. The van der Waals surface area contributed by atoms with Crippen LogP contribution in [0.5, 0.6) is 0 Å². The molecular weight excluding hydrogens is 224 g/mol. The Balaban J connectivity index is 2.20. The van der Waals surface area contributed by atoms with E-state index in [2.05, 4.69) is 39.8 Å². The first-order valence-corrected chi connectivity index (χ1v) is 6.33. The maximum absolute atomic E-state index is 4.47. The summed E-state index contributed by atoms with van der Waals surface area (Å²) in [5, 5.41) is 3.48. The summed E-state index contributed by atoms with van der Waals surface area (Å²) in [4.78, 5) is 8.85. The number of rotatable bonds is 5. The molecule has 0 aliphatic rings. The molecule has 0 spiro atoms. The van der Waals surface area contributed by atoms with Crippen molar-refractivity contribution in [3.05, 3.63) is 47.8 Å². The zero-order chi connectivity index (χ0) is 13.0. The van der Waals surface area contributed by atoms with Crippen LogP contribution < -0.4 is 5.32 Å². The molecule has 0 bridgehead atoms. The van der Waals surface area contributed by atoms with Gasteiger partial charge in [-0.15, -0.1) is 0 Å². The third-order valence-electron chi connectivity index (χ3n) is 3.05. The number of aryl methyl sites for hydroxylation is 2. The van der Waals surface area contributed by atoms with E-state index in [1.165, 1.54) is 5.56 Å². The summed E-state index contributed by atoms with van der Waals surface area (Å²) >= 11 is 0. The quantitative estimate of drug-likeness (QED) is 0.875. The van der Waals surface area contributed by atoms with Crippen molar-refractivity contribution in [1.29, 1.82) is 0 Å². The van der Waals surface area contributed by atoms with Gasteiger partial charge in [0, 0.05) is 32.1 Å². The van der Waals surface area contributed by atoms with Gasteiger partial charge in [0.1, 0.15) is 5.82 Å². The zero-order valence-electron chi connectivity index (χ0n) is 11.2. The fraction of sp³-hybridized carbons (Fsp3) is 0.429. The van der Waals surface area contributed by atoms with Crippen LogP contribution in [0.4, 0.5) is 0 Å². The number of likely N-dealkylation sites (N-methyl/N-ethyl adjacent to an activating group) is 1. The monoisotopic (exact) mass is 244 g/mol. The van der Waals surface area contributed by atoms with Crippen molar-refractivity contribution in [2.24, 2.45) is 7.05 Å². The summed E-state index contributed by atoms with van der Waals surface area (Å²) in [6.45, 7) is 5.13. The highest BCUT2D eigenvalue weighted by atomic mass is 15.0. The van der Waals surface area contributed by atoms with Crippen LogP contribution in [0.3, 0.4) is 0 Å². The third kappa shape index (κ3) is 2.96. The van der Waals surface area contributed by atoms with Crippen molar-refractivity contribution in [3.8, 4) is 0 Å². The Hall–Kier alpha value is -1.68. The van der Waals surface area contributed by atoms with Gasteiger partial charge in [0.25, 0.3) is 0 Å². The van der Waals surface area contributed by atoms with Crippen molar-refractivity contribution in [1.82, 2.24) is 19.9 Å². The van der Waals surface area contributed by atoms with Crippen LogP contribution in [-0.4, -0.2) is 21.1 Å². The van der Waals surface area contributed by atoms with Crippen molar-refractivity contribution >= 4 is 0 Å². The number of hydrogen-bond acceptors (Lipinski definition) is 3. The molecule has 0 aliphatic carbocycles. The second kappa shape index (κ2) is 5.78. The maximum Gasteiger partial charge on any atom is 0.110 e. The highest BCUT2D eigenvalue weighted by Crippen LogP contribution is 2.16. The van der Waals surface area contributed by atoms with E-state index in [0.29, 0.717) is 0 Å². The van der Waals surface area contributed by atoms with Crippen LogP contribution in [0.25, 0.3) is 0 Å². The predicted molar refractivity (Wildman–Crippen MR) is 72.3 cm³/mol. The molecule has 2 aromatic rings. The van der Waals surface area contributed by atoms with Gasteiger partial charge in [-0.3, -0.25) is 4.98 Å². The van der Waals surface area contributed by atoms with Gasteiger partial charge in [-0.2, -0.15) is 0 Å². The number of imidazole rings is 1. The van der Waals surface area contributed by atoms with Crippen molar-refractivity contribution in [2.45, 2.75) is 26.3 Å². The number of aromatic nitrogens is 3. The summed E-state index contributed by atoms with van der Waals surface area (Å²) < 4.78 is 2.06. The van der Waals surface area contributed by atoms with E-state index in [1.54, 1.807) is 0 Å². The topological polar surface area (TPSA) is 42.7 Å². The molecule has 0 saturated carbocycles. The molecule has 4 heteroatoms. The number of pyridine rings is 1. The van der Waals surface area contributed by atoms with Gasteiger partial charge in [0.05, 0.1) is 11.7 Å². The molecular formula is C14H20N4. The van der Waals surface area contributed by atoms with Crippen LogP contribution in [0, 0.1) is 6.92 Å². The highest BCUT2D eigenvalue weighted by molar-refractivity contribution is 5.18. The summed E-state index contributed by atoms with van der Waals surface area (Å²) in [5.41, 5.74) is 2.32. The lowest BCUT2D eigenvalue weighted by atomic mass is 10.1. The minimum Gasteiger partial charge on any atom is -0.338 e. The Morgan fingerprint density at radius 3 is 2.78 bits per heavy atom. The van der Waals surface area contributed by atoms with Gasteiger partial charge < -0.3 is 9.88 Å². The molecule has 96 valence electrons. The lowest BCUT2D eigenvalue weighted by Gasteiger charge is -2.17. The van der Waals surface area contributed by atoms with Crippen LogP contribution in [0.1, 0.15) is 30.0 Å². The van der Waals surface area contributed by atoms with Crippen molar-refractivity contribution < 1.29 is 0 Å². The minimum absolute atomic E-state index is 0.219. The molecule has 2 heterocycles. The summed E-state index contributed by atoms with van der Waals surface area (Å²) in [5.74, 6) is 1.07. The molecule has 1 N–H and O–H groups in total. The molecule has 2 rings (SSSR count). The Morgan fingerprint density at radius 2 is 2.17 bits per heavy atom. The second-order valence-corrected chi connectivity index (χ2v) is 4.53. The van der Waals surface area contributed by atoms with Gasteiger partial charge in [0.2, 0.25) is 0 Å². The minimum atomic E-state index is 0.219. The van der Waals surface area contributed by atoms with E-state index in [4.69, 9.17) is 0 Å². The summed E-state index contributed by atoms with van der Waals surface area (Å²) in [6.07, 6.45) is 6.53. The van der Waals surface area contributed by atoms with E-state index in [0.717, 1.165) is 24.5 Å². The Kier molecular flexibility index (Phi) is 4.10. The highest BCUT2D eigenvalue weighted by Gasteiger charge is 2.14. The smallest absolute Gasteiger partial charge is 0.110 e. The molecule has 0 aliphatic heterocycles. The maximum atomic E-state index is 4.47. The lowest BCUT2D eigenvalue weighted by molar-refractivity contribution is 0.517. The average Bonchev–Trinajstić information content (AvgIpc) is 2.74. The fourth-order valence-electron chi connectivity index (χ4n) is 2.05. The normalized spacial score (nSPS) is 12.6. The molecule has 2 aromatic heterocycles. The van der Waals surface area contributed by atoms with E-state index >= 15 is 0 Å². The van der Waals surface area contributed by atoms with E-state index in [9.17, 15) is 0 Å². The van der Waals surface area contributed by atoms with Gasteiger partial charge in [-0.05, 0) is 31.2 Å². The SMILES string of the molecule is CCNC(Cc1nccn1C)c1cc(C)ccn1. The molecule has 0 radical (unpaired) electrons. The number of nitrogens with one attached hydrogen (secondary N) is 1. The second-order valence-electron chi connectivity index (χ2n) is 4.53. The molecule has 1 atom stereocenters. The van der Waals surface area contributed by atoms with E-state index in [1.807, 2.05) is 31.7 Å². The van der Waals surface area contributed by atoms with Crippen LogP contribution in [0.2, 0.25) is 0 Å². The average molecular weight is 244 g/mol. The lowest BCUT2D eigenvalue weighted by Crippen LogP contribution is -2.25. The fourth-order valence-corrected chi connectivity index (χ4v) is 2.05. The first kappa shape index (κ1) is 12.8. The Bertz CT molecular complexity index is 504. The van der Waals surface area contributed by atoms with Crippen LogP contribution in [0.15, 0.2) is 30.7 Å². The zero-order valence-corrected chi connectivity index (χ0v) is 11.2. The third-order valence-corrected chi connectivity index (χ3v) is 3.05. The summed E-state index contributed by atoms with van der Waals surface area (Å²) in [7, 11) is 2.02. The van der Waals surface area contributed by atoms with E-state index < -0.39 is 0 Å². The molecule has 0 aromatic carbocycles. The first-order chi connectivity index (χ1) is 8.70. The van der Waals surface area contributed by atoms with Gasteiger partial charge in [-0.25, -0.2) is 4.98 Å². The van der Waals surface area contributed by atoms with Crippen LogP contribution >= 0.6 is 0 Å². The predicted octanol–water partition coefficient (Wildman–Crippen LogP) is 2.02. The van der Waals surface area contributed by atoms with Crippen molar-refractivity contribution in [3.63, 3.8) is 0 Å². The Morgan fingerprint density at radius 1 is 1.33 bits per heavy atom. The molecule has 18 heavy (non-hydrogen) atoms. The molecule has 0 fully saturated rings. The molecule has 0 saturated heterocycles. The molecule has 0 amide bonds.